The molecule has 0 radical (unpaired) electrons. The second kappa shape index (κ2) is 9.20. The second-order valence-electron chi connectivity index (χ2n) is 6.64. The van der Waals surface area contributed by atoms with Gasteiger partial charge in [0.2, 0.25) is 5.95 Å². The van der Waals surface area contributed by atoms with Crippen LogP contribution in [0.1, 0.15) is 15.9 Å². The van der Waals surface area contributed by atoms with Crippen molar-refractivity contribution in [1.29, 1.82) is 0 Å². The summed E-state index contributed by atoms with van der Waals surface area (Å²) in [5.74, 6) is 0.357. The van der Waals surface area contributed by atoms with Crippen molar-refractivity contribution >= 4 is 29.1 Å². The average molecular weight is 415 g/mol. The van der Waals surface area contributed by atoms with Crippen molar-refractivity contribution in [2.24, 2.45) is 0 Å². The summed E-state index contributed by atoms with van der Waals surface area (Å²) in [5.41, 5.74) is 4.19. The number of halogens is 1. The molecule has 30 heavy (non-hydrogen) atoms. The van der Waals surface area contributed by atoms with Gasteiger partial charge in [-0.1, -0.05) is 54.1 Å². The van der Waals surface area contributed by atoms with E-state index in [0.29, 0.717) is 23.1 Å². The number of amides is 1. The molecule has 0 atom stereocenters. The highest BCUT2D eigenvalue weighted by atomic mass is 35.5. The lowest BCUT2D eigenvalue weighted by Gasteiger charge is -2.08. The summed E-state index contributed by atoms with van der Waals surface area (Å²) in [4.78, 5) is 21.2. The lowest BCUT2D eigenvalue weighted by Crippen LogP contribution is -2.22. The van der Waals surface area contributed by atoms with Crippen LogP contribution in [0.3, 0.4) is 0 Å². The Bertz CT molecular complexity index is 1130. The molecule has 148 valence electrons. The van der Waals surface area contributed by atoms with Crippen LogP contribution in [0.5, 0.6) is 0 Å². The van der Waals surface area contributed by atoms with Crippen LogP contribution in [0.2, 0.25) is 5.02 Å². The van der Waals surface area contributed by atoms with E-state index in [1.165, 1.54) is 0 Å². The van der Waals surface area contributed by atoms with Crippen LogP contribution >= 0.6 is 11.6 Å². The molecule has 0 bridgehead atoms. The van der Waals surface area contributed by atoms with Crippen LogP contribution < -0.4 is 10.6 Å². The quantitative estimate of drug-likeness (QED) is 0.439. The van der Waals surface area contributed by atoms with Gasteiger partial charge in [-0.05, 0) is 48.0 Å². The number of benzene rings is 3. The fourth-order valence-electron chi connectivity index (χ4n) is 2.91. The van der Waals surface area contributed by atoms with Gasteiger partial charge in [0.1, 0.15) is 0 Å². The maximum Gasteiger partial charge on any atom is 0.251 e. The van der Waals surface area contributed by atoms with Crippen molar-refractivity contribution in [3.63, 3.8) is 0 Å². The highest BCUT2D eigenvalue weighted by molar-refractivity contribution is 6.30. The molecule has 1 aromatic heterocycles. The average Bonchev–Trinajstić information content (AvgIpc) is 2.79. The van der Waals surface area contributed by atoms with E-state index < -0.39 is 0 Å². The molecule has 5 nitrogen and oxygen atoms in total. The van der Waals surface area contributed by atoms with Crippen molar-refractivity contribution in [2.75, 3.05) is 5.32 Å². The zero-order chi connectivity index (χ0) is 20.8. The number of aromatic nitrogens is 2. The first-order valence-electron chi connectivity index (χ1n) is 9.45. The molecule has 3 aromatic carbocycles. The number of carbonyl (C=O) groups excluding carboxylic acids is 1. The Kier molecular flexibility index (Phi) is 6.01. The third kappa shape index (κ3) is 5.01. The van der Waals surface area contributed by atoms with Crippen molar-refractivity contribution < 1.29 is 4.79 Å². The second-order valence-corrected chi connectivity index (χ2v) is 7.08. The van der Waals surface area contributed by atoms with E-state index in [0.717, 1.165) is 22.5 Å². The molecule has 1 amide bonds. The number of hydrogen-bond acceptors (Lipinski definition) is 4. The topological polar surface area (TPSA) is 66.9 Å². The van der Waals surface area contributed by atoms with E-state index in [1.807, 2.05) is 72.8 Å². The first kappa shape index (κ1) is 19.6. The van der Waals surface area contributed by atoms with Crippen molar-refractivity contribution in [2.45, 2.75) is 6.54 Å². The van der Waals surface area contributed by atoms with E-state index in [2.05, 4.69) is 20.6 Å². The molecule has 0 fully saturated rings. The molecular formula is C24H19ClN4O. The van der Waals surface area contributed by atoms with Crippen molar-refractivity contribution in [3.8, 4) is 11.3 Å². The fourth-order valence-corrected chi connectivity index (χ4v) is 3.04. The molecule has 0 unspecified atom stereocenters. The number of anilines is 2. The molecule has 6 heteroatoms. The monoisotopic (exact) mass is 414 g/mol. The number of nitrogens with one attached hydrogen (secondary N) is 2. The molecule has 0 spiro atoms. The Morgan fingerprint density at radius 2 is 1.60 bits per heavy atom. The summed E-state index contributed by atoms with van der Waals surface area (Å²) in [6, 6.07) is 26.3. The van der Waals surface area contributed by atoms with Crippen molar-refractivity contribution in [1.82, 2.24) is 15.3 Å². The van der Waals surface area contributed by atoms with Gasteiger partial charge in [-0.15, -0.1) is 0 Å². The first-order valence-corrected chi connectivity index (χ1v) is 9.83. The molecule has 4 aromatic rings. The van der Waals surface area contributed by atoms with Gasteiger partial charge in [-0.25, -0.2) is 9.97 Å². The Balaban J connectivity index is 1.40. The minimum absolute atomic E-state index is 0.119. The van der Waals surface area contributed by atoms with Gasteiger partial charge in [0, 0.05) is 34.6 Å². The lowest BCUT2D eigenvalue weighted by molar-refractivity contribution is 0.0951. The van der Waals surface area contributed by atoms with Gasteiger partial charge in [0.05, 0.1) is 5.69 Å². The third-order valence-electron chi connectivity index (χ3n) is 4.49. The van der Waals surface area contributed by atoms with Gasteiger partial charge in [-0.3, -0.25) is 4.79 Å². The van der Waals surface area contributed by atoms with Gasteiger partial charge in [0.25, 0.3) is 5.91 Å². The van der Waals surface area contributed by atoms with Gasteiger partial charge in [-0.2, -0.15) is 0 Å². The van der Waals surface area contributed by atoms with Crippen LogP contribution in [-0.2, 0) is 6.54 Å². The number of nitrogens with zero attached hydrogens (tertiary/aromatic N) is 2. The Hall–Kier alpha value is -3.70. The summed E-state index contributed by atoms with van der Waals surface area (Å²) >= 11 is 5.95. The van der Waals surface area contributed by atoms with E-state index in [9.17, 15) is 4.79 Å². The van der Waals surface area contributed by atoms with Crippen LogP contribution in [0.25, 0.3) is 11.3 Å². The zero-order valence-electron chi connectivity index (χ0n) is 16.0. The summed E-state index contributed by atoms with van der Waals surface area (Å²) < 4.78 is 0. The minimum atomic E-state index is -0.119. The van der Waals surface area contributed by atoms with E-state index in [4.69, 9.17) is 11.6 Å². The first-order chi connectivity index (χ1) is 14.7. The SMILES string of the molecule is O=C(NCc1ccccc1)c1ccc(Nc2nccc(-c3ccc(Cl)cc3)n2)cc1. The van der Waals surface area contributed by atoms with Crippen LogP contribution in [-0.4, -0.2) is 15.9 Å². The fraction of sp³-hybridized carbons (Fsp3) is 0.0417. The molecular weight excluding hydrogens is 396 g/mol. The van der Waals surface area contributed by atoms with Crippen molar-refractivity contribution in [3.05, 3.63) is 107 Å². The zero-order valence-corrected chi connectivity index (χ0v) is 16.8. The Labute approximate surface area is 179 Å². The molecule has 0 aliphatic carbocycles. The highest BCUT2D eigenvalue weighted by Crippen LogP contribution is 2.21. The highest BCUT2D eigenvalue weighted by Gasteiger charge is 2.07. The molecule has 0 aliphatic heterocycles. The maximum absolute atomic E-state index is 12.3. The maximum atomic E-state index is 12.3. The number of carbonyl (C=O) groups is 1. The van der Waals surface area contributed by atoms with Crippen LogP contribution in [0.15, 0.2) is 91.1 Å². The number of rotatable bonds is 6. The predicted molar refractivity (Wildman–Crippen MR) is 120 cm³/mol. The summed E-state index contributed by atoms with van der Waals surface area (Å²) in [5, 5.41) is 6.77. The molecule has 4 rings (SSSR count). The van der Waals surface area contributed by atoms with Crippen LogP contribution in [0.4, 0.5) is 11.6 Å². The Morgan fingerprint density at radius 3 is 2.33 bits per heavy atom. The van der Waals surface area contributed by atoms with Gasteiger partial charge >= 0.3 is 0 Å². The molecule has 0 saturated carbocycles. The van der Waals surface area contributed by atoms with Gasteiger partial charge in [0.15, 0.2) is 0 Å². The van der Waals surface area contributed by atoms with E-state index in [-0.39, 0.29) is 5.91 Å². The van der Waals surface area contributed by atoms with Crippen LogP contribution in [0, 0.1) is 0 Å². The Morgan fingerprint density at radius 1 is 0.867 bits per heavy atom. The molecule has 1 heterocycles. The molecule has 0 saturated heterocycles. The normalized spacial score (nSPS) is 10.4. The summed E-state index contributed by atoms with van der Waals surface area (Å²) in [6.07, 6.45) is 1.70. The van der Waals surface area contributed by atoms with Gasteiger partial charge < -0.3 is 10.6 Å². The molecule has 0 aliphatic rings. The summed E-state index contributed by atoms with van der Waals surface area (Å²) in [7, 11) is 0. The third-order valence-corrected chi connectivity index (χ3v) is 4.75. The summed E-state index contributed by atoms with van der Waals surface area (Å²) in [6.45, 7) is 0.491. The smallest absolute Gasteiger partial charge is 0.251 e. The predicted octanol–water partition coefficient (Wildman–Crippen LogP) is 5.47. The number of hydrogen-bond donors (Lipinski definition) is 2. The standard InChI is InChI=1S/C24H19ClN4O/c25-20-10-6-18(7-11-20)22-14-15-26-24(29-22)28-21-12-8-19(9-13-21)23(30)27-16-17-4-2-1-3-5-17/h1-15H,16H2,(H,27,30)(H,26,28,29). The minimum Gasteiger partial charge on any atom is -0.348 e. The molecule has 2 N–H and O–H groups in total. The van der Waals surface area contributed by atoms with E-state index >= 15 is 0 Å². The lowest BCUT2D eigenvalue weighted by atomic mass is 10.1. The van der Waals surface area contributed by atoms with E-state index in [1.54, 1.807) is 18.3 Å². The largest absolute Gasteiger partial charge is 0.348 e.